The summed E-state index contributed by atoms with van der Waals surface area (Å²) in [4.78, 5) is 36.9. The molecule has 0 aliphatic rings. The second-order valence-electron chi connectivity index (χ2n) is 12.0. The van der Waals surface area contributed by atoms with E-state index in [1.54, 1.807) is 85.7 Å². The molecule has 2 aromatic heterocycles. The van der Waals surface area contributed by atoms with Crippen LogP contribution in [-0.4, -0.2) is 81.9 Å². The van der Waals surface area contributed by atoms with Crippen LogP contribution in [0.1, 0.15) is 71.8 Å². The maximum absolute atomic E-state index is 13.6. The number of aromatic nitrogens is 4. The molecule has 0 saturated heterocycles. The van der Waals surface area contributed by atoms with E-state index < -0.39 is 76.0 Å². The van der Waals surface area contributed by atoms with Crippen LogP contribution in [0.25, 0.3) is 11.2 Å². The maximum atomic E-state index is 13.6. The number of aromatic amines is 1. The number of H-pyrrole nitrogens is 1. The lowest BCUT2D eigenvalue weighted by Gasteiger charge is -2.30. The van der Waals surface area contributed by atoms with Gasteiger partial charge in [0.15, 0.2) is 11.2 Å². The number of nitrogen functional groups attached to an aromatic ring is 1. The molecule has 0 aliphatic heterocycles. The molecule has 0 spiro atoms. The van der Waals surface area contributed by atoms with Crippen LogP contribution in [0.4, 0.5) is 5.95 Å². The van der Waals surface area contributed by atoms with Gasteiger partial charge in [-0.1, -0.05) is 18.2 Å². The zero-order valence-electron chi connectivity index (χ0n) is 28.6. The number of carbonyl (C=O) groups excluding carboxylic acids is 1. The number of imidazole rings is 1. The Morgan fingerprint density at radius 3 is 1.83 bits per heavy atom. The van der Waals surface area contributed by atoms with E-state index in [0.717, 1.165) is 0 Å². The summed E-state index contributed by atoms with van der Waals surface area (Å²) in [6.07, 6.45) is -2.54. The summed E-state index contributed by atoms with van der Waals surface area (Å²) in [5.74, 6) is -0.887. The van der Waals surface area contributed by atoms with Gasteiger partial charge in [0.25, 0.3) is 5.56 Å². The van der Waals surface area contributed by atoms with Gasteiger partial charge in [0.05, 0.1) is 55.6 Å². The Kier molecular flexibility index (Phi) is 14.5. The van der Waals surface area contributed by atoms with Crippen LogP contribution < -0.4 is 11.3 Å². The van der Waals surface area contributed by atoms with Crippen LogP contribution in [0.15, 0.2) is 41.5 Å². The summed E-state index contributed by atoms with van der Waals surface area (Å²) in [7, 11) is -7.50. The largest absolute Gasteiger partial charge is 0.454 e. The molecule has 0 bridgehead atoms. The van der Waals surface area contributed by atoms with Gasteiger partial charge in [0.2, 0.25) is 5.95 Å². The standard InChI is InChI=1S/C30H47N5O11P2/c1-19(2)43-47(38,44-20(3)4)17-40-14-24(35-16-32-26-27(35)33-30(31)34-28(26)36)25(42-29(37)23-12-10-9-11-13-23)15-41-18-48(39,45-21(5)6)46-22(7)8/h9-13,16,19-22,24-25H,14-15,17-18H2,1-8H3,(H3,31,33,34,36)/t24-,25+/m0/s1. The van der Waals surface area contributed by atoms with E-state index in [9.17, 15) is 18.7 Å². The van der Waals surface area contributed by atoms with Crippen LogP contribution in [0.5, 0.6) is 0 Å². The number of carbonyl (C=O) groups is 1. The van der Waals surface area contributed by atoms with Crippen LogP contribution >= 0.6 is 15.2 Å². The van der Waals surface area contributed by atoms with Crippen molar-refractivity contribution < 1.29 is 46.2 Å². The van der Waals surface area contributed by atoms with Gasteiger partial charge in [-0.05, 0) is 67.5 Å². The molecule has 1 aromatic carbocycles. The summed E-state index contributed by atoms with van der Waals surface area (Å²) in [5.41, 5.74) is 5.53. The zero-order valence-corrected chi connectivity index (χ0v) is 30.3. The Labute approximate surface area is 280 Å². The molecule has 3 rings (SSSR count). The Morgan fingerprint density at radius 1 is 0.833 bits per heavy atom. The minimum Gasteiger partial charge on any atom is -0.454 e. The molecule has 2 atom stereocenters. The molecule has 18 heteroatoms. The first-order valence-electron chi connectivity index (χ1n) is 15.6. The lowest BCUT2D eigenvalue weighted by molar-refractivity contribution is -0.0352. The minimum atomic E-state index is -3.75. The van der Waals surface area contributed by atoms with Gasteiger partial charge in [0.1, 0.15) is 18.8 Å². The number of ether oxygens (including phenoxy) is 3. The molecule has 3 aromatic rings. The number of nitrogens with one attached hydrogen (secondary N) is 1. The van der Waals surface area contributed by atoms with Crippen molar-refractivity contribution >= 4 is 38.3 Å². The lowest BCUT2D eigenvalue weighted by atomic mass is 10.1. The fraction of sp³-hybridized carbons (Fsp3) is 0.600. The average molecular weight is 716 g/mol. The van der Waals surface area contributed by atoms with E-state index in [1.165, 1.54) is 10.9 Å². The normalized spacial score (nSPS) is 14.0. The highest BCUT2D eigenvalue weighted by atomic mass is 31.2. The van der Waals surface area contributed by atoms with E-state index in [2.05, 4.69) is 15.0 Å². The highest BCUT2D eigenvalue weighted by molar-refractivity contribution is 7.53. The molecule has 0 saturated carbocycles. The monoisotopic (exact) mass is 715 g/mol. The third-order valence-electron chi connectivity index (χ3n) is 6.06. The van der Waals surface area contributed by atoms with E-state index in [1.807, 2.05) is 0 Å². The van der Waals surface area contributed by atoms with Crippen LogP contribution in [0.3, 0.4) is 0 Å². The van der Waals surface area contributed by atoms with Gasteiger partial charge in [-0.3, -0.25) is 18.9 Å². The van der Waals surface area contributed by atoms with E-state index in [-0.39, 0.29) is 35.9 Å². The number of fused-ring (bicyclic) bond motifs is 1. The molecule has 2 heterocycles. The first-order chi connectivity index (χ1) is 22.5. The number of hydrogen-bond acceptors (Lipinski definition) is 14. The predicted octanol–water partition coefficient (Wildman–Crippen LogP) is 5.50. The van der Waals surface area contributed by atoms with Crippen molar-refractivity contribution in [3.63, 3.8) is 0 Å². The van der Waals surface area contributed by atoms with E-state index in [0.29, 0.717) is 0 Å². The molecular weight excluding hydrogens is 668 g/mol. The van der Waals surface area contributed by atoms with Crippen molar-refractivity contribution in [2.75, 3.05) is 31.6 Å². The maximum Gasteiger partial charge on any atom is 0.356 e. The van der Waals surface area contributed by atoms with Crippen molar-refractivity contribution in [2.24, 2.45) is 0 Å². The summed E-state index contributed by atoms with van der Waals surface area (Å²) in [6, 6.07) is 7.23. The summed E-state index contributed by atoms with van der Waals surface area (Å²) in [5, 5.41) is 0. The number of rotatable bonds is 20. The third-order valence-corrected chi connectivity index (χ3v) is 10.0. The highest BCUT2D eigenvalue weighted by Crippen LogP contribution is 2.51. The second-order valence-corrected chi connectivity index (χ2v) is 15.8. The van der Waals surface area contributed by atoms with E-state index in [4.69, 9.17) is 38.0 Å². The number of anilines is 1. The minimum absolute atomic E-state index is 0.0413. The SMILES string of the molecule is CC(C)OP(=O)(COC[C@@H](OC(=O)c1ccccc1)[C@H](COCP(=O)(OC(C)C)OC(C)C)n1cnc2c(=O)[nH]c(N)nc21)OC(C)C. The van der Waals surface area contributed by atoms with Crippen molar-refractivity contribution in [1.82, 2.24) is 19.5 Å². The average Bonchev–Trinajstić information content (AvgIpc) is 3.37. The lowest BCUT2D eigenvalue weighted by Crippen LogP contribution is -2.36. The summed E-state index contributed by atoms with van der Waals surface area (Å²) in [6.45, 7) is 13.1. The molecule has 3 N–H and O–H groups in total. The van der Waals surface area contributed by atoms with Crippen molar-refractivity contribution in [3.05, 3.63) is 52.6 Å². The first kappa shape index (κ1) is 39.5. The Hall–Kier alpha value is -2.94. The number of nitrogens with zero attached hydrogens (tertiary/aromatic N) is 3. The summed E-state index contributed by atoms with van der Waals surface area (Å²) < 4.78 is 68.8. The number of nitrogens with two attached hydrogens (primary N) is 1. The topological polar surface area (TPSA) is 205 Å². The summed E-state index contributed by atoms with van der Waals surface area (Å²) >= 11 is 0. The molecular formula is C30H47N5O11P2. The van der Waals surface area contributed by atoms with Crippen LogP contribution in [0, 0.1) is 0 Å². The molecule has 268 valence electrons. The molecule has 0 radical (unpaired) electrons. The number of esters is 1. The second kappa shape index (κ2) is 17.6. The van der Waals surface area contributed by atoms with Gasteiger partial charge in [0, 0.05) is 0 Å². The molecule has 0 amide bonds. The van der Waals surface area contributed by atoms with Crippen LogP contribution in [-0.2, 0) is 41.4 Å². The van der Waals surface area contributed by atoms with E-state index >= 15 is 0 Å². The third kappa shape index (κ3) is 11.9. The molecule has 48 heavy (non-hydrogen) atoms. The van der Waals surface area contributed by atoms with Crippen molar-refractivity contribution in [3.8, 4) is 0 Å². The molecule has 0 unspecified atom stereocenters. The molecule has 0 aliphatic carbocycles. The number of hydrogen-bond donors (Lipinski definition) is 2. The first-order valence-corrected chi connectivity index (χ1v) is 19.0. The van der Waals surface area contributed by atoms with Gasteiger partial charge in [-0.25, -0.2) is 9.78 Å². The Bertz CT molecular complexity index is 1600. The highest BCUT2D eigenvalue weighted by Gasteiger charge is 2.35. The van der Waals surface area contributed by atoms with Gasteiger partial charge >= 0.3 is 21.2 Å². The zero-order chi connectivity index (χ0) is 35.6. The number of benzene rings is 1. The fourth-order valence-electron chi connectivity index (χ4n) is 4.58. The quantitative estimate of drug-likeness (QED) is 0.109. The van der Waals surface area contributed by atoms with Gasteiger partial charge in [-0.2, -0.15) is 4.98 Å². The van der Waals surface area contributed by atoms with Crippen LogP contribution in [0.2, 0.25) is 0 Å². The van der Waals surface area contributed by atoms with Gasteiger partial charge in [-0.15, -0.1) is 0 Å². The van der Waals surface area contributed by atoms with Gasteiger partial charge < -0.3 is 42.6 Å². The Balaban J connectivity index is 2.04. The smallest absolute Gasteiger partial charge is 0.356 e. The predicted molar refractivity (Wildman–Crippen MR) is 179 cm³/mol. The molecule has 0 fully saturated rings. The van der Waals surface area contributed by atoms with Crippen molar-refractivity contribution in [1.29, 1.82) is 0 Å². The Morgan fingerprint density at radius 2 is 1.33 bits per heavy atom. The molecule has 16 nitrogen and oxygen atoms in total. The van der Waals surface area contributed by atoms with Crippen molar-refractivity contribution in [2.45, 2.75) is 92.0 Å². The fourth-order valence-corrected chi connectivity index (χ4v) is 8.15.